The van der Waals surface area contributed by atoms with Crippen molar-refractivity contribution in [2.75, 3.05) is 58.1 Å². The van der Waals surface area contributed by atoms with Gasteiger partial charge in [-0.3, -0.25) is 9.20 Å². The number of rotatable bonds is 8. The summed E-state index contributed by atoms with van der Waals surface area (Å²) in [6.07, 6.45) is 1.61. The smallest absolute Gasteiger partial charge is 0.251 e. The molecule has 3 N–H and O–H groups in total. The number of nitrogens with zero attached hydrogens (tertiary/aromatic N) is 3. The Hall–Kier alpha value is -3.97. The fourth-order valence-electron chi connectivity index (χ4n) is 4.32. The molecule has 0 saturated carbocycles. The van der Waals surface area contributed by atoms with Crippen molar-refractivity contribution in [3.05, 3.63) is 47.8 Å². The molecule has 196 valence electrons. The second kappa shape index (κ2) is 11.8. The van der Waals surface area contributed by atoms with Gasteiger partial charge in [0.2, 0.25) is 5.88 Å². The summed E-state index contributed by atoms with van der Waals surface area (Å²) in [6.45, 7) is 3.92. The van der Waals surface area contributed by atoms with Crippen LogP contribution in [-0.2, 0) is 0 Å². The van der Waals surface area contributed by atoms with E-state index in [0.717, 1.165) is 17.9 Å². The number of imidazole rings is 1. The van der Waals surface area contributed by atoms with Gasteiger partial charge in [-0.25, -0.2) is 9.37 Å². The minimum absolute atomic E-state index is 0.188. The summed E-state index contributed by atoms with van der Waals surface area (Å²) >= 11 is 0. The lowest BCUT2D eigenvalue weighted by molar-refractivity contribution is 0.0962. The van der Waals surface area contributed by atoms with Crippen LogP contribution in [0.2, 0.25) is 0 Å². The number of aromatic nitrogens is 2. The molecule has 0 unspecified atom stereocenters. The number of carbonyl (C=O) groups excluding carboxylic acids is 1. The quantitative estimate of drug-likeness (QED) is 0.403. The molecular weight excluding hydrogens is 475 g/mol. The average Bonchev–Trinajstić information content (AvgIpc) is 3.26. The number of anilines is 2. The van der Waals surface area contributed by atoms with Crippen LogP contribution < -0.4 is 25.4 Å². The van der Waals surface area contributed by atoms with Gasteiger partial charge >= 0.3 is 0 Å². The summed E-state index contributed by atoms with van der Waals surface area (Å²) in [5.74, 6) is 7.08. The number of hydrogen-bond donors (Lipinski definition) is 3. The molecule has 0 aliphatic carbocycles. The Morgan fingerprint density at radius 1 is 1.30 bits per heavy atom. The van der Waals surface area contributed by atoms with Gasteiger partial charge in [-0.05, 0) is 56.6 Å². The molecule has 1 amide bonds. The number of hydrogen-bond acceptors (Lipinski definition) is 7. The molecule has 2 atom stereocenters. The van der Waals surface area contributed by atoms with E-state index in [2.05, 4.69) is 27.8 Å². The summed E-state index contributed by atoms with van der Waals surface area (Å²) in [5.41, 5.74) is 3.11. The summed E-state index contributed by atoms with van der Waals surface area (Å²) in [6, 6.07) is 8.67. The first-order chi connectivity index (χ1) is 17.9. The highest BCUT2D eigenvalue weighted by atomic mass is 19.1. The van der Waals surface area contributed by atoms with Crippen LogP contribution in [0.25, 0.3) is 5.65 Å². The Bertz CT molecular complexity index is 1310. The van der Waals surface area contributed by atoms with Crippen LogP contribution in [-0.4, -0.2) is 79.9 Å². The van der Waals surface area contributed by atoms with Crippen molar-refractivity contribution in [3.8, 4) is 23.5 Å². The normalized spacial score (nSPS) is 17.5. The number of amides is 1. The van der Waals surface area contributed by atoms with Gasteiger partial charge in [0.15, 0.2) is 11.3 Å². The first-order valence-electron chi connectivity index (χ1n) is 12.3. The molecule has 0 spiro atoms. The highest BCUT2D eigenvalue weighted by Crippen LogP contribution is 2.28. The third kappa shape index (κ3) is 5.89. The van der Waals surface area contributed by atoms with Crippen LogP contribution >= 0.6 is 0 Å². The van der Waals surface area contributed by atoms with Crippen LogP contribution in [0.5, 0.6) is 11.6 Å². The van der Waals surface area contributed by atoms with E-state index >= 15 is 0 Å². The zero-order valence-electron chi connectivity index (χ0n) is 21.6. The minimum Gasteiger partial charge on any atom is -0.495 e. The largest absolute Gasteiger partial charge is 0.495 e. The number of likely N-dealkylation sites (tertiary alicyclic amines) is 1. The van der Waals surface area contributed by atoms with Crippen LogP contribution in [0.15, 0.2) is 36.5 Å². The Kier molecular flexibility index (Phi) is 8.36. The number of nitrogens with one attached hydrogen (secondary N) is 3. The molecule has 1 aliphatic rings. The van der Waals surface area contributed by atoms with E-state index in [4.69, 9.17) is 14.5 Å². The Balaban J connectivity index is 1.54. The van der Waals surface area contributed by atoms with E-state index in [1.54, 1.807) is 32.4 Å². The van der Waals surface area contributed by atoms with Gasteiger partial charge in [-0.1, -0.05) is 5.92 Å². The van der Waals surface area contributed by atoms with Gasteiger partial charge in [0.05, 0.1) is 37.7 Å². The maximum atomic E-state index is 14.7. The Morgan fingerprint density at radius 2 is 2.14 bits per heavy atom. The van der Waals surface area contributed by atoms with Gasteiger partial charge in [0, 0.05) is 31.9 Å². The van der Waals surface area contributed by atoms with E-state index in [1.807, 2.05) is 41.6 Å². The fourth-order valence-corrected chi connectivity index (χ4v) is 4.32. The molecule has 2 aromatic heterocycles. The Morgan fingerprint density at radius 3 is 2.86 bits per heavy atom. The van der Waals surface area contributed by atoms with Gasteiger partial charge in [0.25, 0.3) is 5.91 Å². The van der Waals surface area contributed by atoms with Crippen molar-refractivity contribution in [1.82, 2.24) is 19.6 Å². The van der Waals surface area contributed by atoms with Crippen molar-refractivity contribution >= 4 is 22.9 Å². The number of ether oxygens (including phenoxy) is 2. The predicted octanol–water partition coefficient (Wildman–Crippen LogP) is 3.02. The maximum Gasteiger partial charge on any atom is 0.251 e. The van der Waals surface area contributed by atoms with Crippen molar-refractivity contribution in [1.29, 1.82) is 0 Å². The zero-order valence-corrected chi connectivity index (χ0v) is 21.6. The van der Waals surface area contributed by atoms with E-state index in [9.17, 15) is 9.18 Å². The lowest BCUT2D eigenvalue weighted by Gasteiger charge is -2.33. The maximum absolute atomic E-state index is 14.7. The third-order valence-corrected chi connectivity index (χ3v) is 6.24. The highest BCUT2D eigenvalue weighted by Gasteiger charge is 2.28. The number of pyridine rings is 1. The summed E-state index contributed by atoms with van der Waals surface area (Å²) in [7, 11) is 5.06. The summed E-state index contributed by atoms with van der Waals surface area (Å²) < 4.78 is 27.8. The van der Waals surface area contributed by atoms with Crippen molar-refractivity contribution in [2.45, 2.75) is 25.6 Å². The van der Waals surface area contributed by atoms with E-state index in [-0.39, 0.29) is 11.9 Å². The summed E-state index contributed by atoms with van der Waals surface area (Å²) in [5, 5.41) is 9.16. The van der Waals surface area contributed by atoms with Crippen molar-refractivity contribution in [2.24, 2.45) is 0 Å². The Labute approximate surface area is 216 Å². The molecule has 9 nitrogen and oxygen atoms in total. The lowest BCUT2D eigenvalue weighted by Crippen LogP contribution is -2.46. The second-order valence-electron chi connectivity index (χ2n) is 8.78. The average molecular weight is 509 g/mol. The number of piperidine rings is 1. The SMILES string of the molecule is CCOc1c(C#CCNc2ccc(C(=O)NC)cc2OC)nc2c(N[C@@H]3CCN(C)C[C@@H]3F)cccn12. The van der Waals surface area contributed by atoms with Crippen molar-refractivity contribution < 1.29 is 18.7 Å². The topological polar surface area (TPSA) is 92.2 Å². The first-order valence-corrected chi connectivity index (χ1v) is 12.3. The molecular formula is C27H33FN6O3. The second-order valence-corrected chi connectivity index (χ2v) is 8.78. The van der Waals surface area contributed by atoms with Crippen molar-refractivity contribution in [3.63, 3.8) is 0 Å². The van der Waals surface area contributed by atoms with E-state index < -0.39 is 6.17 Å². The molecule has 10 heteroatoms. The molecule has 0 bridgehead atoms. The first kappa shape index (κ1) is 26.1. The molecule has 4 rings (SSSR count). The van der Waals surface area contributed by atoms with Gasteiger partial charge in [0.1, 0.15) is 11.9 Å². The highest BCUT2D eigenvalue weighted by molar-refractivity contribution is 5.95. The van der Waals surface area contributed by atoms with Gasteiger partial charge in [-0.2, -0.15) is 0 Å². The van der Waals surface area contributed by atoms with Gasteiger partial charge < -0.3 is 30.3 Å². The number of alkyl halides is 1. The molecule has 1 saturated heterocycles. The number of carbonyl (C=O) groups is 1. The standard InChI is InChI=1S/C27H33FN6O3/c1-5-37-27-23(8-6-13-30-21-11-10-18(26(35)29-2)16-24(21)36-4)32-25-22(9-7-14-34(25)27)31-20-12-15-33(3)17-19(20)28/h7,9-11,14,16,19-20,30-31H,5,12-13,15,17H2,1-4H3,(H,29,35)/t19-,20+/m0/s1. The number of methoxy groups -OCH3 is 1. The lowest BCUT2D eigenvalue weighted by atomic mass is 10.0. The molecule has 1 aliphatic heterocycles. The molecule has 3 heterocycles. The zero-order chi connectivity index (χ0) is 26.4. The summed E-state index contributed by atoms with van der Waals surface area (Å²) in [4.78, 5) is 18.6. The molecule has 3 aromatic rings. The van der Waals surface area contributed by atoms with Crippen LogP contribution in [0, 0.1) is 11.8 Å². The monoisotopic (exact) mass is 508 g/mol. The molecule has 1 aromatic carbocycles. The van der Waals surface area contributed by atoms with E-state index in [1.165, 1.54) is 0 Å². The van der Waals surface area contributed by atoms with E-state index in [0.29, 0.717) is 54.7 Å². The third-order valence-electron chi connectivity index (χ3n) is 6.24. The van der Waals surface area contributed by atoms with Crippen LogP contribution in [0.4, 0.5) is 15.8 Å². The van der Waals surface area contributed by atoms with Crippen LogP contribution in [0.3, 0.4) is 0 Å². The number of halogens is 1. The predicted molar refractivity (Wildman–Crippen MR) is 143 cm³/mol. The molecule has 37 heavy (non-hydrogen) atoms. The number of benzene rings is 1. The molecule has 0 radical (unpaired) electrons. The fraction of sp³-hybridized carbons (Fsp3) is 0.407. The number of fused-ring (bicyclic) bond motifs is 1. The van der Waals surface area contributed by atoms with Crippen LogP contribution in [0.1, 0.15) is 29.4 Å². The molecule has 1 fully saturated rings. The van der Waals surface area contributed by atoms with Gasteiger partial charge in [-0.15, -0.1) is 0 Å². The minimum atomic E-state index is -0.965.